The number of halogens is 14. The lowest BCUT2D eigenvalue weighted by Gasteiger charge is -2.41. The molecule has 0 rings (SSSR count). The number of alkyl halides is 14. The summed E-state index contributed by atoms with van der Waals surface area (Å²) in [5, 5.41) is 0. The van der Waals surface area contributed by atoms with Crippen LogP contribution in [0.1, 0.15) is 13.8 Å². The maximum atomic E-state index is 14.3. The summed E-state index contributed by atoms with van der Waals surface area (Å²) in [6.07, 6.45) is -35.0. The highest BCUT2D eigenvalue weighted by atomic mass is 19.4. The largest absolute Gasteiger partial charge is 0.462 e. The molecular formula is C12H13F14NO. The molecule has 170 valence electrons. The van der Waals surface area contributed by atoms with Crippen molar-refractivity contribution in [1.82, 2.24) is 4.90 Å². The molecule has 28 heavy (non-hydrogen) atoms. The third kappa shape index (κ3) is 5.30. The van der Waals surface area contributed by atoms with E-state index in [1.807, 2.05) is 0 Å². The van der Waals surface area contributed by atoms with Gasteiger partial charge in [0.25, 0.3) is 11.8 Å². The summed E-state index contributed by atoms with van der Waals surface area (Å²) in [6.45, 7) is -0.232. The number of nitrogens with zero attached hydrogens (tertiary/aromatic N) is 1. The van der Waals surface area contributed by atoms with E-state index in [1.54, 1.807) is 0 Å². The molecule has 0 aromatic carbocycles. The Labute approximate surface area is 148 Å². The Morgan fingerprint density at radius 1 is 0.714 bits per heavy atom. The fraction of sp³-hybridized carbons (Fsp3) is 1.00. The molecule has 0 N–H and O–H groups in total. The van der Waals surface area contributed by atoms with Gasteiger partial charge in [0.15, 0.2) is 0 Å². The molecule has 0 aliphatic rings. The van der Waals surface area contributed by atoms with Gasteiger partial charge in [-0.05, 0) is 20.9 Å². The molecule has 0 bridgehead atoms. The zero-order valence-corrected chi connectivity index (χ0v) is 14.0. The zero-order valence-electron chi connectivity index (χ0n) is 14.0. The van der Waals surface area contributed by atoms with E-state index < -0.39 is 59.8 Å². The molecule has 5 unspecified atom stereocenters. The molecule has 0 saturated carbocycles. The maximum Gasteiger partial charge on any atom is 0.462 e. The van der Waals surface area contributed by atoms with Gasteiger partial charge in [-0.1, -0.05) is 0 Å². The Balaban J connectivity index is 5.87. The number of hydrogen-bond acceptors (Lipinski definition) is 2. The van der Waals surface area contributed by atoms with Crippen molar-refractivity contribution in [2.24, 2.45) is 0 Å². The topological polar surface area (TPSA) is 12.5 Å². The molecule has 5 atom stereocenters. The van der Waals surface area contributed by atoms with Gasteiger partial charge in [0.05, 0.1) is 0 Å². The predicted octanol–water partition coefficient (Wildman–Crippen LogP) is 5.33. The second-order valence-electron chi connectivity index (χ2n) is 5.68. The van der Waals surface area contributed by atoms with Gasteiger partial charge in [-0.15, -0.1) is 0 Å². The minimum Gasteiger partial charge on any atom is -0.365 e. The molecule has 0 aromatic rings. The van der Waals surface area contributed by atoms with Crippen LogP contribution in [-0.2, 0) is 4.74 Å². The van der Waals surface area contributed by atoms with Crippen molar-refractivity contribution in [1.29, 1.82) is 0 Å². The molecule has 0 amide bonds. The van der Waals surface area contributed by atoms with Crippen molar-refractivity contribution in [3.63, 3.8) is 0 Å². The standard InChI is InChI=1S/C12H13F14NO/c1-4(28-5(2)9(16,17)6(13)10(18,19)20)8(15,11(21,22)23)7(14)27(3)12(24,25)26/h4-7H,1-3H3. The molecule has 0 aliphatic heterocycles. The second-order valence-corrected chi connectivity index (χ2v) is 5.68. The highest BCUT2D eigenvalue weighted by Gasteiger charge is 2.70. The quantitative estimate of drug-likeness (QED) is 0.382. The van der Waals surface area contributed by atoms with Crippen LogP contribution >= 0.6 is 0 Å². The predicted molar refractivity (Wildman–Crippen MR) is 64.5 cm³/mol. The Bertz CT molecular complexity index is 514. The summed E-state index contributed by atoms with van der Waals surface area (Å²) in [6, 6.07) is 0. The van der Waals surface area contributed by atoms with E-state index in [1.165, 1.54) is 0 Å². The molecule has 0 fully saturated rings. The first-order chi connectivity index (χ1) is 12.0. The van der Waals surface area contributed by atoms with Gasteiger partial charge < -0.3 is 4.74 Å². The zero-order chi connectivity index (χ0) is 23.1. The van der Waals surface area contributed by atoms with E-state index in [0.717, 1.165) is 0 Å². The fourth-order valence-corrected chi connectivity index (χ4v) is 1.89. The van der Waals surface area contributed by atoms with Crippen molar-refractivity contribution in [2.45, 2.75) is 68.8 Å². The van der Waals surface area contributed by atoms with Crippen LogP contribution in [0.3, 0.4) is 0 Å². The van der Waals surface area contributed by atoms with Crippen molar-refractivity contribution in [3.05, 3.63) is 0 Å². The molecule has 0 saturated heterocycles. The molecule has 0 heterocycles. The van der Waals surface area contributed by atoms with Crippen molar-refractivity contribution in [3.8, 4) is 0 Å². The molecule has 0 aromatic heterocycles. The van der Waals surface area contributed by atoms with Crippen molar-refractivity contribution < 1.29 is 66.2 Å². The summed E-state index contributed by atoms with van der Waals surface area (Å²) < 4.78 is 184. The van der Waals surface area contributed by atoms with Crippen molar-refractivity contribution in [2.75, 3.05) is 7.05 Å². The van der Waals surface area contributed by atoms with Gasteiger partial charge in [-0.3, -0.25) is 0 Å². The molecule has 2 nitrogen and oxygen atoms in total. The Kier molecular flexibility index (Phi) is 7.69. The molecule has 0 spiro atoms. The van der Waals surface area contributed by atoms with Crippen LogP contribution in [0, 0.1) is 0 Å². The first kappa shape index (κ1) is 26.9. The lowest BCUT2D eigenvalue weighted by Crippen LogP contribution is -2.64. The Morgan fingerprint density at radius 3 is 1.39 bits per heavy atom. The van der Waals surface area contributed by atoms with E-state index >= 15 is 0 Å². The van der Waals surface area contributed by atoms with E-state index in [2.05, 4.69) is 4.74 Å². The smallest absolute Gasteiger partial charge is 0.365 e. The van der Waals surface area contributed by atoms with Crippen LogP contribution in [0.4, 0.5) is 61.5 Å². The van der Waals surface area contributed by atoms with Gasteiger partial charge in [-0.25, -0.2) is 22.0 Å². The third-order valence-corrected chi connectivity index (χ3v) is 3.69. The third-order valence-electron chi connectivity index (χ3n) is 3.69. The first-order valence-corrected chi connectivity index (χ1v) is 6.95. The van der Waals surface area contributed by atoms with Crippen LogP contribution in [0.15, 0.2) is 0 Å². The number of hydrogen-bond donors (Lipinski definition) is 0. The average Bonchev–Trinajstić information content (AvgIpc) is 2.48. The minimum atomic E-state index is -6.49. The van der Waals surface area contributed by atoms with Crippen LogP contribution in [-0.4, -0.2) is 66.9 Å². The monoisotopic (exact) mass is 453 g/mol. The van der Waals surface area contributed by atoms with E-state index in [9.17, 15) is 61.5 Å². The van der Waals surface area contributed by atoms with Gasteiger partial charge in [-0.2, -0.15) is 44.4 Å². The van der Waals surface area contributed by atoms with E-state index in [-0.39, 0.29) is 20.9 Å². The summed E-state index contributed by atoms with van der Waals surface area (Å²) in [5.74, 6) is -5.57. The normalized spacial score (nSPS) is 21.2. The highest BCUT2D eigenvalue weighted by Crippen LogP contribution is 2.46. The fourth-order valence-electron chi connectivity index (χ4n) is 1.89. The lowest BCUT2D eigenvalue weighted by molar-refractivity contribution is -0.349. The Morgan fingerprint density at radius 2 is 1.11 bits per heavy atom. The summed E-state index contributed by atoms with van der Waals surface area (Å²) in [4.78, 5) is -1.68. The average molecular weight is 453 g/mol. The summed E-state index contributed by atoms with van der Waals surface area (Å²) in [5.41, 5.74) is -5.62. The Hall–Kier alpha value is -1.06. The molecule has 0 aliphatic carbocycles. The highest BCUT2D eigenvalue weighted by molar-refractivity contribution is 5.00. The van der Waals surface area contributed by atoms with E-state index in [0.29, 0.717) is 0 Å². The molecular weight excluding hydrogens is 440 g/mol. The minimum absolute atomic E-state index is 0.0909. The van der Waals surface area contributed by atoms with Gasteiger partial charge in [0.2, 0.25) is 6.30 Å². The van der Waals surface area contributed by atoms with Gasteiger partial charge in [0, 0.05) is 0 Å². The summed E-state index contributed by atoms with van der Waals surface area (Å²) in [7, 11) is -0.337. The number of ether oxygens (including phenoxy) is 1. The van der Waals surface area contributed by atoms with Crippen LogP contribution in [0.5, 0.6) is 0 Å². The number of rotatable bonds is 7. The van der Waals surface area contributed by atoms with Crippen LogP contribution in [0.2, 0.25) is 0 Å². The summed E-state index contributed by atoms with van der Waals surface area (Å²) >= 11 is 0. The molecule has 0 radical (unpaired) electrons. The van der Waals surface area contributed by atoms with Gasteiger partial charge in [0.1, 0.15) is 12.2 Å². The van der Waals surface area contributed by atoms with Gasteiger partial charge >= 0.3 is 24.6 Å². The lowest BCUT2D eigenvalue weighted by atomic mass is 9.96. The van der Waals surface area contributed by atoms with Crippen molar-refractivity contribution >= 4 is 0 Å². The SMILES string of the molecule is CC(OC(C)C(F)(C(F)N(C)C(F)(F)F)C(F)(F)F)C(F)(F)C(F)C(F)(F)F. The maximum absolute atomic E-state index is 14.3. The van der Waals surface area contributed by atoms with Crippen LogP contribution < -0.4 is 0 Å². The first-order valence-electron chi connectivity index (χ1n) is 6.95. The molecule has 16 heteroatoms. The van der Waals surface area contributed by atoms with E-state index in [4.69, 9.17) is 0 Å². The second kappa shape index (κ2) is 7.99. The van der Waals surface area contributed by atoms with Crippen LogP contribution in [0.25, 0.3) is 0 Å².